The average Bonchev–Trinajstić information content (AvgIpc) is 2.51. The lowest BCUT2D eigenvalue weighted by molar-refractivity contribution is -0.384. The molecule has 0 aliphatic heterocycles. The van der Waals surface area contributed by atoms with Crippen LogP contribution < -0.4 is 0 Å². The summed E-state index contributed by atoms with van der Waals surface area (Å²) in [6, 6.07) is 16.0. The second-order valence-corrected chi connectivity index (χ2v) is 6.05. The zero-order valence-electron chi connectivity index (χ0n) is 13.4. The van der Waals surface area contributed by atoms with Gasteiger partial charge in [0.25, 0.3) is 5.69 Å². The quantitative estimate of drug-likeness (QED) is 0.361. The van der Waals surface area contributed by atoms with Crippen molar-refractivity contribution in [2.24, 2.45) is 4.99 Å². The molecule has 2 aromatic rings. The number of hydrogen-bond acceptors (Lipinski definition) is 3. The van der Waals surface area contributed by atoms with Gasteiger partial charge < -0.3 is 0 Å². The molecule has 0 amide bonds. The number of nitro groups is 1. The largest absolute Gasteiger partial charge is 0.270 e. The van der Waals surface area contributed by atoms with Crippen molar-refractivity contribution in [1.82, 2.24) is 0 Å². The summed E-state index contributed by atoms with van der Waals surface area (Å²) in [4.78, 5) is 15.0. The van der Waals surface area contributed by atoms with Gasteiger partial charge in [0.2, 0.25) is 0 Å². The summed E-state index contributed by atoms with van der Waals surface area (Å²) in [6.45, 7) is 5.97. The molecular weight excluding hydrogens is 288 g/mol. The fourth-order valence-corrected chi connectivity index (χ4v) is 1.89. The summed E-state index contributed by atoms with van der Waals surface area (Å²) in [5, 5.41) is 10.8. The van der Waals surface area contributed by atoms with Crippen LogP contribution in [-0.4, -0.2) is 16.2 Å². The van der Waals surface area contributed by atoms with E-state index >= 15 is 0 Å². The molecule has 0 aromatic heterocycles. The highest BCUT2D eigenvalue weighted by molar-refractivity contribution is 6.13. The van der Waals surface area contributed by atoms with Crippen molar-refractivity contribution in [1.29, 1.82) is 0 Å². The van der Waals surface area contributed by atoms with E-state index in [1.54, 1.807) is 12.1 Å². The number of aliphatic imine (C=N–C) groups is 1. The van der Waals surface area contributed by atoms with E-state index in [1.807, 2.05) is 51.1 Å². The maximum atomic E-state index is 10.8. The van der Waals surface area contributed by atoms with Gasteiger partial charge in [0.15, 0.2) is 0 Å². The second kappa shape index (κ2) is 6.89. The second-order valence-electron chi connectivity index (χ2n) is 6.05. The van der Waals surface area contributed by atoms with Gasteiger partial charge in [0.1, 0.15) is 5.71 Å². The molecule has 0 saturated heterocycles. The van der Waals surface area contributed by atoms with Gasteiger partial charge >= 0.3 is 0 Å². The molecule has 0 bridgehead atoms. The van der Waals surface area contributed by atoms with Crippen molar-refractivity contribution in [3.63, 3.8) is 0 Å². The molecule has 0 aliphatic rings. The van der Waals surface area contributed by atoms with Crippen molar-refractivity contribution in [3.8, 4) is 11.8 Å². The van der Waals surface area contributed by atoms with Crippen molar-refractivity contribution in [3.05, 3.63) is 75.8 Å². The van der Waals surface area contributed by atoms with Crippen molar-refractivity contribution in [2.45, 2.75) is 26.3 Å². The van der Waals surface area contributed by atoms with Gasteiger partial charge in [0.05, 0.1) is 10.5 Å². The van der Waals surface area contributed by atoms with Crippen LogP contribution in [0.15, 0.2) is 59.6 Å². The topological polar surface area (TPSA) is 55.5 Å². The number of rotatable bonds is 2. The Labute approximate surface area is 136 Å². The normalized spacial score (nSPS) is 11.5. The molecule has 0 aliphatic carbocycles. The Balaban J connectivity index is 2.42. The SMILES string of the molecule is CC(C)(C)N=C(C#Cc1ccccc1)c1ccc([N+](=O)[O-])cc1. The molecule has 4 nitrogen and oxygen atoms in total. The maximum Gasteiger partial charge on any atom is 0.269 e. The van der Waals surface area contributed by atoms with Gasteiger partial charge in [0, 0.05) is 23.3 Å². The van der Waals surface area contributed by atoms with Crippen LogP contribution in [0.2, 0.25) is 0 Å². The first-order chi connectivity index (χ1) is 10.8. The predicted octanol–water partition coefficient (Wildman–Crippen LogP) is 4.23. The van der Waals surface area contributed by atoms with Crippen molar-refractivity contribution in [2.75, 3.05) is 0 Å². The van der Waals surface area contributed by atoms with Crippen LogP contribution in [0.4, 0.5) is 5.69 Å². The lowest BCUT2D eigenvalue weighted by atomic mass is 10.1. The summed E-state index contributed by atoms with van der Waals surface area (Å²) in [5.41, 5.74) is 2.06. The summed E-state index contributed by atoms with van der Waals surface area (Å²) >= 11 is 0. The lowest BCUT2D eigenvalue weighted by Crippen LogP contribution is -2.14. The highest BCUT2D eigenvalue weighted by Crippen LogP contribution is 2.15. The number of non-ortho nitro benzene ring substituents is 1. The number of hydrogen-bond donors (Lipinski definition) is 0. The maximum absolute atomic E-state index is 10.8. The van der Waals surface area contributed by atoms with E-state index < -0.39 is 4.92 Å². The third kappa shape index (κ3) is 5.08. The van der Waals surface area contributed by atoms with E-state index in [0.717, 1.165) is 11.1 Å². The number of benzene rings is 2. The molecule has 116 valence electrons. The minimum atomic E-state index is -0.417. The lowest BCUT2D eigenvalue weighted by Gasteiger charge is -2.13. The van der Waals surface area contributed by atoms with Gasteiger partial charge in [-0.2, -0.15) is 0 Å². The average molecular weight is 306 g/mol. The van der Waals surface area contributed by atoms with Gasteiger partial charge in [-0.05, 0) is 51.0 Å². The van der Waals surface area contributed by atoms with Crippen LogP contribution in [0.3, 0.4) is 0 Å². The third-order valence-corrected chi connectivity index (χ3v) is 2.90. The summed E-state index contributed by atoms with van der Waals surface area (Å²) in [7, 11) is 0. The van der Waals surface area contributed by atoms with E-state index in [4.69, 9.17) is 0 Å². The Morgan fingerprint density at radius 2 is 1.65 bits per heavy atom. The van der Waals surface area contributed by atoms with E-state index in [2.05, 4.69) is 16.8 Å². The molecule has 0 unspecified atom stereocenters. The Morgan fingerprint density at radius 1 is 1.04 bits per heavy atom. The first-order valence-electron chi connectivity index (χ1n) is 7.27. The van der Waals surface area contributed by atoms with Gasteiger partial charge in [-0.3, -0.25) is 15.1 Å². The molecule has 0 radical (unpaired) electrons. The number of nitrogens with zero attached hydrogens (tertiary/aromatic N) is 2. The monoisotopic (exact) mass is 306 g/mol. The van der Waals surface area contributed by atoms with E-state index in [-0.39, 0.29) is 11.2 Å². The molecule has 2 aromatic carbocycles. The molecule has 0 atom stereocenters. The molecule has 0 spiro atoms. The Morgan fingerprint density at radius 3 is 2.17 bits per heavy atom. The summed E-state index contributed by atoms with van der Waals surface area (Å²) in [6.07, 6.45) is 0. The minimum absolute atomic E-state index is 0.0554. The predicted molar refractivity (Wildman–Crippen MR) is 92.7 cm³/mol. The smallest absolute Gasteiger partial charge is 0.269 e. The molecule has 0 saturated carbocycles. The van der Waals surface area contributed by atoms with E-state index in [0.29, 0.717) is 5.71 Å². The summed E-state index contributed by atoms with van der Waals surface area (Å²) < 4.78 is 0. The third-order valence-electron chi connectivity index (χ3n) is 2.90. The molecule has 0 heterocycles. The fraction of sp³-hybridized carbons (Fsp3) is 0.211. The fourth-order valence-electron chi connectivity index (χ4n) is 1.89. The molecule has 4 heteroatoms. The Kier molecular flexibility index (Phi) is 4.92. The van der Waals surface area contributed by atoms with E-state index in [9.17, 15) is 10.1 Å². The van der Waals surface area contributed by atoms with Crippen LogP contribution in [-0.2, 0) is 0 Å². The zero-order valence-corrected chi connectivity index (χ0v) is 13.4. The minimum Gasteiger partial charge on any atom is -0.270 e. The highest BCUT2D eigenvalue weighted by atomic mass is 16.6. The molecule has 0 fully saturated rings. The van der Waals surface area contributed by atoms with Crippen LogP contribution in [0.5, 0.6) is 0 Å². The van der Waals surface area contributed by atoms with Gasteiger partial charge in [-0.15, -0.1) is 0 Å². The Hall–Kier alpha value is -2.93. The van der Waals surface area contributed by atoms with Crippen molar-refractivity contribution >= 4 is 11.4 Å². The molecule has 0 N–H and O–H groups in total. The molecule has 2 rings (SSSR count). The van der Waals surface area contributed by atoms with Crippen LogP contribution in [0.1, 0.15) is 31.9 Å². The van der Waals surface area contributed by atoms with Crippen LogP contribution in [0, 0.1) is 22.0 Å². The highest BCUT2D eigenvalue weighted by Gasteiger charge is 2.12. The summed E-state index contributed by atoms with van der Waals surface area (Å²) in [5.74, 6) is 6.18. The number of nitro benzene ring substituents is 1. The van der Waals surface area contributed by atoms with Gasteiger partial charge in [-0.25, -0.2) is 0 Å². The standard InChI is InChI=1S/C19H18N2O2/c1-19(2,3)20-18(14-9-15-7-5-4-6-8-15)16-10-12-17(13-11-16)21(22)23/h4-8,10-13H,1-3H3. The first kappa shape index (κ1) is 16.4. The molecule has 23 heavy (non-hydrogen) atoms. The van der Waals surface area contributed by atoms with E-state index in [1.165, 1.54) is 12.1 Å². The Bertz CT molecular complexity index is 774. The van der Waals surface area contributed by atoms with Crippen molar-refractivity contribution < 1.29 is 4.92 Å². The van der Waals surface area contributed by atoms with Crippen LogP contribution in [0.25, 0.3) is 0 Å². The zero-order chi connectivity index (χ0) is 16.9. The van der Waals surface area contributed by atoms with Crippen LogP contribution >= 0.6 is 0 Å². The first-order valence-corrected chi connectivity index (χ1v) is 7.27. The van der Waals surface area contributed by atoms with Gasteiger partial charge in [-0.1, -0.05) is 24.1 Å². The molecular formula is C19H18N2O2.